The van der Waals surface area contributed by atoms with Crippen LogP contribution in [0.15, 0.2) is 35.3 Å². The first-order valence-electron chi connectivity index (χ1n) is 8.83. The molecule has 0 aromatic heterocycles. The van der Waals surface area contributed by atoms with Crippen molar-refractivity contribution in [1.29, 1.82) is 0 Å². The van der Waals surface area contributed by atoms with Gasteiger partial charge in [-0.3, -0.25) is 4.99 Å². The molecule has 126 valence electrons. The SMILES string of the molecule is CCNC(=NCCc1ccccc1)NC1C2CCOC2C1(C)C. The van der Waals surface area contributed by atoms with Crippen LogP contribution in [0.3, 0.4) is 0 Å². The number of guanidine groups is 1. The van der Waals surface area contributed by atoms with Gasteiger partial charge in [0.2, 0.25) is 0 Å². The Morgan fingerprint density at radius 1 is 1.30 bits per heavy atom. The van der Waals surface area contributed by atoms with Crippen LogP contribution in [-0.4, -0.2) is 37.8 Å². The third kappa shape index (κ3) is 3.37. The Kier molecular flexibility index (Phi) is 4.90. The van der Waals surface area contributed by atoms with Gasteiger partial charge in [0.1, 0.15) is 0 Å². The Labute approximate surface area is 139 Å². The standard InChI is InChI=1S/C19H29N3O/c1-4-20-18(21-12-10-14-8-6-5-7-9-14)22-16-15-11-13-23-17(15)19(16,2)3/h5-9,15-17H,4,10-13H2,1-3H3,(H2,20,21,22). The van der Waals surface area contributed by atoms with Crippen molar-refractivity contribution in [1.82, 2.24) is 10.6 Å². The van der Waals surface area contributed by atoms with Gasteiger partial charge < -0.3 is 15.4 Å². The number of rotatable bonds is 5. The lowest BCUT2D eigenvalue weighted by molar-refractivity contribution is -0.106. The quantitative estimate of drug-likeness (QED) is 0.648. The minimum Gasteiger partial charge on any atom is -0.377 e. The summed E-state index contributed by atoms with van der Waals surface area (Å²) in [5.74, 6) is 1.56. The highest BCUT2D eigenvalue weighted by atomic mass is 16.5. The van der Waals surface area contributed by atoms with E-state index in [-0.39, 0.29) is 5.41 Å². The van der Waals surface area contributed by atoms with E-state index in [1.165, 1.54) is 5.56 Å². The van der Waals surface area contributed by atoms with Crippen LogP contribution < -0.4 is 10.6 Å². The molecular weight excluding hydrogens is 286 g/mol. The largest absolute Gasteiger partial charge is 0.377 e. The second kappa shape index (κ2) is 6.91. The zero-order valence-corrected chi connectivity index (χ0v) is 14.5. The second-order valence-electron chi connectivity index (χ2n) is 7.18. The molecule has 1 heterocycles. The Morgan fingerprint density at radius 2 is 2.09 bits per heavy atom. The monoisotopic (exact) mass is 315 g/mol. The molecule has 2 N–H and O–H groups in total. The predicted octanol–water partition coefficient (Wildman–Crippen LogP) is 2.60. The first kappa shape index (κ1) is 16.3. The molecule has 0 spiro atoms. The lowest BCUT2D eigenvalue weighted by Gasteiger charge is -2.54. The molecule has 2 fully saturated rings. The molecule has 4 nitrogen and oxygen atoms in total. The van der Waals surface area contributed by atoms with Gasteiger partial charge in [-0.1, -0.05) is 44.2 Å². The highest BCUT2D eigenvalue weighted by Gasteiger charge is 2.59. The van der Waals surface area contributed by atoms with Crippen LogP contribution in [0.1, 0.15) is 32.8 Å². The fourth-order valence-electron chi connectivity index (χ4n) is 4.03. The minimum atomic E-state index is 0.177. The molecule has 1 aromatic rings. The maximum atomic E-state index is 5.88. The smallest absolute Gasteiger partial charge is 0.191 e. The molecular formula is C19H29N3O. The fraction of sp³-hybridized carbons (Fsp3) is 0.632. The maximum Gasteiger partial charge on any atom is 0.191 e. The first-order valence-corrected chi connectivity index (χ1v) is 8.83. The second-order valence-corrected chi connectivity index (χ2v) is 7.18. The Morgan fingerprint density at radius 3 is 2.83 bits per heavy atom. The van der Waals surface area contributed by atoms with E-state index in [4.69, 9.17) is 9.73 Å². The summed E-state index contributed by atoms with van der Waals surface area (Å²) in [6, 6.07) is 11.0. The first-order chi connectivity index (χ1) is 11.1. The molecule has 1 aliphatic carbocycles. The Hall–Kier alpha value is -1.55. The number of hydrogen-bond acceptors (Lipinski definition) is 2. The molecule has 3 rings (SSSR count). The van der Waals surface area contributed by atoms with Gasteiger partial charge in [0.25, 0.3) is 0 Å². The summed E-state index contributed by atoms with van der Waals surface area (Å²) in [7, 11) is 0. The van der Waals surface area contributed by atoms with E-state index in [2.05, 4.69) is 61.7 Å². The van der Waals surface area contributed by atoms with Crippen LogP contribution in [-0.2, 0) is 11.2 Å². The molecule has 23 heavy (non-hydrogen) atoms. The van der Waals surface area contributed by atoms with Crippen molar-refractivity contribution in [2.45, 2.75) is 45.8 Å². The number of nitrogens with zero attached hydrogens (tertiary/aromatic N) is 1. The van der Waals surface area contributed by atoms with Crippen LogP contribution in [0.5, 0.6) is 0 Å². The number of nitrogens with one attached hydrogen (secondary N) is 2. The van der Waals surface area contributed by atoms with Crippen LogP contribution >= 0.6 is 0 Å². The van der Waals surface area contributed by atoms with Crippen molar-refractivity contribution in [2.24, 2.45) is 16.3 Å². The van der Waals surface area contributed by atoms with Crippen molar-refractivity contribution in [3.8, 4) is 0 Å². The number of benzene rings is 1. The van der Waals surface area contributed by atoms with Crippen molar-refractivity contribution in [3.63, 3.8) is 0 Å². The van der Waals surface area contributed by atoms with Gasteiger partial charge in [0, 0.05) is 37.1 Å². The number of hydrogen-bond donors (Lipinski definition) is 2. The zero-order valence-electron chi connectivity index (χ0n) is 14.5. The molecule has 1 saturated carbocycles. The van der Waals surface area contributed by atoms with Gasteiger partial charge in [-0.25, -0.2) is 0 Å². The van der Waals surface area contributed by atoms with Crippen LogP contribution in [0.4, 0.5) is 0 Å². The van der Waals surface area contributed by atoms with Crippen LogP contribution in [0.25, 0.3) is 0 Å². The maximum absolute atomic E-state index is 5.88. The summed E-state index contributed by atoms with van der Waals surface area (Å²) in [5.41, 5.74) is 1.51. The van der Waals surface area contributed by atoms with Crippen molar-refractivity contribution < 1.29 is 4.74 Å². The number of aliphatic imine (C=N–C) groups is 1. The third-order valence-electron chi connectivity index (χ3n) is 5.25. The number of ether oxygens (including phenoxy) is 1. The van der Waals surface area contributed by atoms with E-state index in [1.54, 1.807) is 0 Å². The highest BCUT2D eigenvalue weighted by molar-refractivity contribution is 5.80. The van der Waals surface area contributed by atoms with E-state index in [0.29, 0.717) is 18.1 Å². The topological polar surface area (TPSA) is 45.7 Å². The van der Waals surface area contributed by atoms with E-state index in [9.17, 15) is 0 Å². The summed E-state index contributed by atoms with van der Waals surface area (Å²) >= 11 is 0. The van der Waals surface area contributed by atoms with Gasteiger partial charge in [0.15, 0.2) is 5.96 Å². The van der Waals surface area contributed by atoms with E-state index in [0.717, 1.165) is 38.5 Å². The molecule has 2 aliphatic rings. The normalized spacial score (nSPS) is 28.8. The third-order valence-corrected chi connectivity index (χ3v) is 5.25. The van der Waals surface area contributed by atoms with Gasteiger partial charge in [-0.15, -0.1) is 0 Å². The molecule has 3 unspecified atom stereocenters. The molecule has 1 aromatic carbocycles. The molecule has 1 saturated heterocycles. The minimum absolute atomic E-state index is 0.177. The molecule has 0 amide bonds. The average molecular weight is 315 g/mol. The summed E-state index contributed by atoms with van der Waals surface area (Å²) < 4.78 is 5.88. The van der Waals surface area contributed by atoms with Gasteiger partial charge in [0.05, 0.1) is 6.10 Å². The van der Waals surface area contributed by atoms with Crippen LogP contribution in [0.2, 0.25) is 0 Å². The molecule has 0 bridgehead atoms. The summed E-state index contributed by atoms with van der Waals surface area (Å²) in [6.45, 7) is 9.29. The van der Waals surface area contributed by atoms with Crippen molar-refractivity contribution >= 4 is 5.96 Å². The molecule has 1 aliphatic heterocycles. The molecule has 4 heteroatoms. The van der Waals surface area contributed by atoms with Crippen LogP contribution in [0, 0.1) is 11.3 Å². The predicted molar refractivity (Wildman–Crippen MR) is 94.7 cm³/mol. The Balaban J connectivity index is 1.59. The lowest BCUT2D eigenvalue weighted by atomic mass is 9.57. The molecule has 0 radical (unpaired) electrons. The van der Waals surface area contributed by atoms with Gasteiger partial charge >= 0.3 is 0 Å². The Bertz CT molecular complexity index is 541. The summed E-state index contributed by atoms with van der Waals surface area (Å²) in [4.78, 5) is 4.76. The fourth-order valence-corrected chi connectivity index (χ4v) is 4.03. The van der Waals surface area contributed by atoms with E-state index < -0.39 is 0 Å². The summed E-state index contributed by atoms with van der Waals surface area (Å²) in [5, 5.41) is 7.04. The van der Waals surface area contributed by atoms with Crippen molar-refractivity contribution in [2.75, 3.05) is 19.7 Å². The lowest BCUT2D eigenvalue weighted by Crippen LogP contribution is -2.68. The van der Waals surface area contributed by atoms with Gasteiger partial charge in [-0.05, 0) is 25.3 Å². The zero-order chi connectivity index (χ0) is 16.3. The van der Waals surface area contributed by atoms with E-state index >= 15 is 0 Å². The van der Waals surface area contributed by atoms with E-state index in [1.807, 2.05) is 0 Å². The van der Waals surface area contributed by atoms with Gasteiger partial charge in [-0.2, -0.15) is 0 Å². The molecule has 3 atom stereocenters. The average Bonchev–Trinajstić information content (AvgIpc) is 3.00. The van der Waals surface area contributed by atoms with Crippen molar-refractivity contribution in [3.05, 3.63) is 35.9 Å². The summed E-state index contributed by atoms with van der Waals surface area (Å²) in [6.07, 6.45) is 2.54. The highest BCUT2D eigenvalue weighted by Crippen LogP contribution is 2.52. The number of fused-ring (bicyclic) bond motifs is 1.